The third-order valence-electron chi connectivity index (χ3n) is 5.11. The normalized spacial score (nSPS) is 30.6. The summed E-state index contributed by atoms with van der Waals surface area (Å²) < 4.78 is 14.0. The van der Waals surface area contributed by atoms with E-state index in [0.717, 1.165) is 24.7 Å². The monoisotopic (exact) mass is 275 g/mol. The van der Waals surface area contributed by atoms with Gasteiger partial charge in [0.2, 0.25) is 0 Å². The second-order valence-corrected chi connectivity index (χ2v) is 6.73. The lowest BCUT2D eigenvalue weighted by molar-refractivity contribution is 0.128. The van der Waals surface area contributed by atoms with Crippen LogP contribution >= 0.6 is 0 Å². The molecule has 4 heteroatoms. The van der Waals surface area contributed by atoms with Crippen LogP contribution in [0.2, 0.25) is 0 Å². The van der Waals surface area contributed by atoms with Crippen LogP contribution in [0.15, 0.2) is 18.5 Å². The van der Waals surface area contributed by atoms with Crippen LogP contribution in [0.1, 0.15) is 25.7 Å². The Morgan fingerprint density at radius 2 is 2.05 bits per heavy atom. The standard InChI is InChI=1S/C16H22FN3/c17-15-7-18-6-5-16(15)20-10-13-3-4-14(11-20)19(9-13)8-12-1-2-12/h5-7,12-14H,1-4,8-11H2/t13-,14-/m0/s1. The van der Waals surface area contributed by atoms with E-state index in [0.29, 0.717) is 12.0 Å². The maximum Gasteiger partial charge on any atom is 0.164 e. The molecule has 1 aliphatic carbocycles. The summed E-state index contributed by atoms with van der Waals surface area (Å²) in [6, 6.07) is 2.44. The maximum absolute atomic E-state index is 14.0. The fourth-order valence-electron chi connectivity index (χ4n) is 3.86. The smallest absolute Gasteiger partial charge is 0.164 e. The Morgan fingerprint density at radius 3 is 2.85 bits per heavy atom. The molecule has 0 N–H and O–H groups in total. The Bertz CT molecular complexity index is 488. The highest BCUT2D eigenvalue weighted by atomic mass is 19.1. The van der Waals surface area contributed by atoms with E-state index >= 15 is 0 Å². The number of hydrogen-bond donors (Lipinski definition) is 0. The lowest BCUT2D eigenvalue weighted by atomic mass is 9.95. The van der Waals surface area contributed by atoms with Crippen LogP contribution in [-0.2, 0) is 0 Å². The lowest BCUT2D eigenvalue weighted by Crippen LogP contribution is -2.44. The summed E-state index contributed by atoms with van der Waals surface area (Å²) in [7, 11) is 0. The number of aromatic nitrogens is 1. The minimum Gasteiger partial charge on any atom is -0.367 e. The molecule has 1 aromatic heterocycles. The topological polar surface area (TPSA) is 19.4 Å². The van der Waals surface area contributed by atoms with Gasteiger partial charge in [-0.15, -0.1) is 0 Å². The van der Waals surface area contributed by atoms with Gasteiger partial charge in [-0.25, -0.2) is 4.39 Å². The van der Waals surface area contributed by atoms with E-state index in [1.807, 2.05) is 6.07 Å². The van der Waals surface area contributed by atoms with Gasteiger partial charge in [0.25, 0.3) is 0 Å². The zero-order chi connectivity index (χ0) is 13.5. The van der Waals surface area contributed by atoms with Crippen molar-refractivity contribution in [3.05, 3.63) is 24.3 Å². The average Bonchev–Trinajstić information content (AvgIpc) is 3.27. The van der Waals surface area contributed by atoms with Crippen molar-refractivity contribution in [3.63, 3.8) is 0 Å². The first kappa shape index (κ1) is 12.6. The van der Waals surface area contributed by atoms with Gasteiger partial charge in [0.15, 0.2) is 5.82 Å². The van der Waals surface area contributed by atoms with E-state index in [-0.39, 0.29) is 5.82 Å². The summed E-state index contributed by atoms with van der Waals surface area (Å²) in [6.07, 6.45) is 8.44. The molecule has 2 bridgehead atoms. The van der Waals surface area contributed by atoms with Crippen LogP contribution in [-0.4, -0.2) is 42.1 Å². The predicted molar refractivity (Wildman–Crippen MR) is 77.2 cm³/mol. The van der Waals surface area contributed by atoms with Crippen LogP contribution in [0.5, 0.6) is 0 Å². The van der Waals surface area contributed by atoms with E-state index in [4.69, 9.17) is 0 Å². The van der Waals surface area contributed by atoms with Gasteiger partial charge >= 0.3 is 0 Å². The largest absolute Gasteiger partial charge is 0.367 e. The Labute approximate surface area is 119 Å². The third-order valence-corrected chi connectivity index (χ3v) is 5.11. The zero-order valence-corrected chi connectivity index (χ0v) is 11.8. The summed E-state index contributed by atoms with van der Waals surface area (Å²) in [5, 5.41) is 0. The quantitative estimate of drug-likeness (QED) is 0.845. The summed E-state index contributed by atoms with van der Waals surface area (Å²) in [5.74, 6) is 1.46. The van der Waals surface area contributed by atoms with Crippen molar-refractivity contribution in [2.45, 2.75) is 31.7 Å². The van der Waals surface area contributed by atoms with E-state index in [1.165, 1.54) is 45.0 Å². The molecule has 5 rings (SSSR count). The average molecular weight is 275 g/mol. The van der Waals surface area contributed by atoms with Gasteiger partial charge in [-0.2, -0.15) is 0 Å². The first-order chi connectivity index (χ1) is 9.79. The molecule has 4 heterocycles. The number of hydrogen-bond acceptors (Lipinski definition) is 3. The van der Waals surface area contributed by atoms with Crippen molar-refractivity contribution in [2.24, 2.45) is 11.8 Å². The molecule has 0 radical (unpaired) electrons. The SMILES string of the molecule is Fc1cnccc1N1C[C@H]2CC[C@@H](C1)N(CC1CC1)C2. The molecule has 3 aliphatic heterocycles. The Hall–Kier alpha value is -1.16. The van der Waals surface area contributed by atoms with Crippen molar-refractivity contribution in [1.82, 2.24) is 9.88 Å². The molecule has 0 spiro atoms. The minimum atomic E-state index is -0.178. The second kappa shape index (κ2) is 4.99. The fraction of sp³-hybridized carbons (Fsp3) is 0.688. The Morgan fingerprint density at radius 1 is 1.15 bits per heavy atom. The van der Waals surface area contributed by atoms with E-state index < -0.39 is 0 Å². The predicted octanol–water partition coefficient (Wildman–Crippen LogP) is 2.53. The number of fused-ring (bicyclic) bond motifs is 4. The molecule has 1 saturated carbocycles. The van der Waals surface area contributed by atoms with Gasteiger partial charge < -0.3 is 4.90 Å². The fourth-order valence-corrected chi connectivity index (χ4v) is 3.86. The Kier molecular flexibility index (Phi) is 3.14. The first-order valence-electron chi connectivity index (χ1n) is 7.88. The molecule has 3 nitrogen and oxygen atoms in total. The molecule has 3 saturated heterocycles. The minimum absolute atomic E-state index is 0.178. The molecule has 4 fully saturated rings. The zero-order valence-electron chi connectivity index (χ0n) is 11.8. The van der Waals surface area contributed by atoms with Crippen molar-refractivity contribution >= 4 is 5.69 Å². The number of rotatable bonds is 3. The summed E-state index contributed by atoms with van der Waals surface area (Å²) in [6.45, 7) is 4.46. The second-order valence-electron chi connectivity index (χ2n) is 6.73. The first-order valence-corrected chi connectivity index (χ1v) is 7.88. The number of anilines is 1. The molecular formula is C16H22FN3. The van der Waals surface area contributed by atoms with Crippen molar-refractivity contribution in [2.75, 3.05) is 31.1 Å². The molecule has 1 aromatic rings. The number of nitrogens with zero attached hydrogens (tertiary/aromatic N) is 3. The van der Waals surface area contributed by atoms with Gasteiger partial charge in [-0.05, 0) is 43.6 Å². The van der Waals surface area contributed by atoms with Gasteiger partial charge in [-0.1, -0.05) is 0 Å². The molecule has 4 aliphatic rings. The number of pyridine rings is 1. The summed E-state index contributed by atoms with van der Waals surface area (Å²) >= 11 is 0. The van der Waals surface area contributed by atoms with Crippen LogP contribution in [0, 0.1) is 17.7 Å². The lowest BCUT2D eigenvalue weighted by Gasteiger charge is -2.36. The van der Waals surface area contributed by atoms with Crippen molar-refractivity contribution in [1.29, 1.82) is 0 Å². The van der Waals surface area contributed by atoms with E-state index in [9.17, 15) is 4.39 Å². The van der Waals surface area contributed by atoms with Gasteiger partial charge in [0.05, 0.1) is 11.9 Å². The highest BCUT2D eigenvalue weighted by Gasteiger charge is 2.37. The molecule has 0 amide bonds. The summed E-state index contributed by atoms with van der Waals surface area (Å²) in [4.78, 5) is 8.81. The van der Waals surface area contributed by atoms with Crippen LogP contribution in [0.3, 0.4) is 0 Å². The molecule has 20 heavy (non-hydrogen) atoms. The van der Waals surface area contributed by atoms with Gasteiger partial charge in [0, 0.05) is 38.4 Å². The van der Waals surface area contributed by atoms with Crippen LogP contribution < -0.4 is 4.90 Å². The highest BCUT2D eigenvalue weighted by Crippen LogP contribution is 2.36. The molecule has 108 valence electrons. The number of halogens is 1. The van der Waals surface area contributed by atoms with Gasteiger partial charge in [-0.3, -0.25) is 9.88 Å². The molecule has 2 atom stereocenters. The van der Waals surface area contributed by atoms with Crippen molar-refractivity contribution < 1.29 is 4.39 Å². The van der Waals surface area contributed by atoms with E-state index in [1.54, 1.807) is 6.20 Å². The number of piperidine rings is 1. The third kappa shape index (κ3) is 2.41. The van der Waals surface area contributed by atoms with Crippen LogP contribution in [0.4, 0.5) is 10.1 Å². The van der Waals surface area contributed by atoms with Crippen LogP contribution in [0.25, 0.3) is 0 Å². The van der Waals surface area contributed by atoms with Gasteiger partial charge in [0.1, 0.15) is 0 Å². The maximum atomic E-state index is 14.0. The van der Waals surface area contributed by atoms with Crippen molar-refractivity contribution in [3.8, 4) is 0 Å². The summed E-state index contributed by atoms with van der Waals surface area (Å²) in [5.41, 5.74) is 0.741. The molecule has 0 unspecified atom stereocenters. The molecule has 0 aromatic carbocycles. The Balaban J connectivity index is 1.54. The van der Waals surface area contributed by atoms with E-state index in [2.05, 4.69) is 14.8 Å². The highest BCUT2D eigenvalue weighted by molar-refractivity contribution is 5.47. The molecular weight excluding hydrogens is 253 g/mol.